The van der Waals surface area contributed by atoms with E-state index in [4.69, 9.17) is 0 Å². The van der Waals surface area contributed by atoms with Crippen molar-refractivity contribution in [2.45, 2.75) is 12.6 Å². The first kappa shape index (κ1) is 14.9. The van der Waals surface area contributed by atoms with Crippen molar-refractivity contribution in [1.29, 1.82) is 0 Å². The second-order valence-corrected chi connectivity index (χ2v) is 4.47. The number of nitrogens with one attached hydrogen (secondary N) is 1. The molecule has 0 aromatic heterocycles. The Balaban J connectivity index is 2.00. The lowest BCUT2D eigenvalue weighted by atomic mass is 10.1. The minimum absolute atomic E-state index is 0.0160. The molecule has 2 aromatic carbocycles. The molecule has 0 radical (unpaired) electrons. The average molecular weight is 295 g/mol. The number of benzene rings is 2. The van der Waals surface area contributed by atoms with Gasteiger partial charge in [-0.15, -0.1) is 0 Å². The van der Waals surface area contributed by atoms with Gasteiger partial charge in [-0.3, -0.25) is 4.79 Å². The van der Waals surface area contributed by atoms with Gasteiger partial charge in [0.1, 0.15) is 5.75 Å². The first-order valence-corrected chi connectivity index (χ1v) is 6.09. The molecule has 110 valence electrons. The van der Waals surface area contributed by atoms with Crippen molar-refractivity contribution >= 4 is 11.6 Å². The number of rotatable bonds is 3. The lowest BCUT2D eigenvalue weighted by Crippen LogP contribution is -2.14. The fraction of sp³-hybridized carbons (Fsp3) is 0.133. The molecule has 2 N–H and O–H groups in total. The van der Waals surface area contributed by atoms with Crippen LogP contribution in [0.4, 0.5) is 18.9 Å². The summed E-state index contributed by atoms with van der Waals surface area (Å²) in [4.78, 5) is 11.8. The molecule has 0 fully saturated rings. The van der Waals surface area contributed by atoms with Crippen LogP contribution < -0.4 is 5.32 Å². The SMILES string of the molecule is O=C(Cc1ccc(C(F)(F)F)cc1)Nc1cccc(O)c1. The molecule has 1 amide bonds. The van der Waals surface area contributed by atoms with Crippen LogP contribution in [0, 0.1) is 0 Å². The Hall–Kier alpha value is -2.50. The Morgan fingerprint density at radius 1 is 1.10 bits per heavy atom. The maximum Gasteiger partial charge on any atom is 0.416 e. The van der Waals surface area contributed by atoms with E-state index in [9.17, 15) is 23.1 Å². The van der Waals surface area contributed by atoms with Gasteiger partial charge in [-0.1, -0.05) is 18.2 Å². The van der Waals surface area contributed by atoms with E-state index in [1.165, 1.54) is 24.3 Å². The predicted molar refractivity (Wildman–Crippen MR) is 71.9 cm³/mol. The van der Waals surface area contributed by atoms with Crippen LogP contribution in [0.25, 0.3) is 0 Å². The molecule has 0 spiro atoms. The number of anilines is 1. The summed E-state index contributed by atoms with van der Waals surface area (Å²) in [6.07, 6.45) is -4.43. The fourth-order valence-corrected chi connectivity index (χ4v) is 1.79. The molecule has 0 aliphatic heterocycles. The largest absolute Gasteiger partial charge is 0.508 e. The molecule has 0 aliphatic carbocycles. The maximum absolute atomic E-state index is 12.4. The second-order valence-electron chi connectivity index (χ2n) is 4.47. The summed E-state index contributed by atoms with van der Waals surface area (Å²) in [5.41, 5.74) is 0.146. The molecule has 2 aromatic rings. The Bertz CT molecular complexity index is 636. The minimum Gasteiger partial charge on any atom is -0.508 e. The summed E-state index contributed by atoms with van der Waals surface area (Å²) in [5.74, 6) is -0.359. The van der Waals surface area contributed by atoms with Crippen LogP contribution in [0.1, 0.15) is 11.1 Å². The molecule has 0 saturated carbocycles. The smallest absolute Gasteiger partial charge is 0.416 e. The standard InChI is InChI=1S/C15H12F3NO2/c16-15(17,18)11-6-4-10(5-7-11)8-14(21)19-12-2-1-3-13(20)9-12/h1-7,9,20H,8H2,(H,19,21). The lowest BCUT2D eigenvalue weighted by Gasteiger charge is -2.08. The van der Waals surface area contributed by atoms with Crippen molar-refractivity contribution in [3.05, 3.63) is 59.7 Å². The van der Waals surface area contributed by atoms with E-state index in [1.54, 1.807) is 12.1 Å². The van der Waals surface area contributed by atoms with E-state index in [-0.39, 0.29) is 18.1 Å². The second kappa shape index (κ2) is 5.87. The first-order chi connectivity index (χ1) is 9.84. The van der Waals surface area contributed by atoms with Crippen LogP contribution in [0.2, 0.25) is 0 Å². The van der Waals surface area contributed by atoms with E-state index in [0.717, 1.165) is 12.1 Å². The number of alkyl halides is 3. The Labute approximate surface area is 119 Å². The summed E-state index contributed by atoms with van der Waals surface area (Å²) < 4.78 is 37.2. The monoisotopic (exact) mass is 295 g/mol. The average Bonchev–Trinajstić information content (AvgIpc) is 2.38. The highest BCUT2D eigenvalue weighted by molar-refractivity contribution is 5.92. The van der Waals surface area contributed by atoms with E-state index in [1.807, 2.05) is 0 Å². The molecule has 21 heavy (non-hydrogen) atoms. The highest BCUT2D eigenvalue weighted by atomic mass is 19.4. The van der Waals surface area contributed by atoms with Crippen molar-refractivity contribution < 1.29 is 23.1 Å². The van der Waals surface area contributed by atoms with Gasteiger partial charge in [-0.2, -0.15) is 13.2 Å². The van der Waals surface area contributed by atoms with Gasteiger partial charge in [-0.25, -0.2) is 0 Å². The van der Waals surface area contributed by atoms with Gasteiger partial charge >= 0.3 is 6.18 Å². The third-order valence-electron chi connectivity index (χ3n) is 2.78. The highest BCUT2D eigenvalue weighted by Crippen LogP contribution is 2.29. The van der Waals surface area contributed by atoms with Crippen molar-refractivity contribution in [3.63, 3.8) is 0 Å². The number of carbonyl (C=O) groups is 1. The molecule has 0 saturated heterocycles. The summed E-state index contributed by atoms with van der Waals surface area (Å²) >= 11 is 0. The number of phenolic OH excluding ortho intramolecular Hbond substituents is 1. The summed E-state index contributed by atoms with van der Waals surface area (Å²) in [5, 5.41) is 11.8. The van der Waals surface area contributed by atoms with Crippen LogP contribution in [-0.2, 0) is 17.4 Å². The zero-order valence-corrected chi connectivity index (χ0v) is 10.8. The minimum atomic E-state index is -4.39. The summed E-state index contributed by atoms with van der Waals surface area (Å²) in [7, 11) is 0. The van der Waals surface area contributed by atoms with Crippen LogP contribution in [0.15, 0.2) is 48.5 Å². The van der Waals surface area contributed by atoms with Crippen molar-refractivity contribution in [1.82, 2.24) is 0 Å². The van der Waals surface area contributed by atoms with Crippen molar-refractivity contribution in [3.8, 4) is 5.75 Å². The molecular weight excluding hydrogens is 283 g/mol. The molecule has 3 nitrogen and oxygen atoms in total. The van der Waals surface area contributed by atoms with Gasteiger partial charge in [0.2, 0.25) is 5.91 Å². The number of hydrogen-bond donors (Lipinski definition) is 2. The molecule has 6 heteroatoms. The molecule has 0 heterocycles. The number of phenols is 1. The normalized spacial score (nSPS) is 11.2. The van der Waals surface area contributed by atoms with Crippen LogP contribution >= 0.6 is 0 Å². The third-order valence-corrected chi connectivity index (χ3v) is 2.78. The van der Waals surface area contributed by atoms with Crippen LogP contribution in [-0.4, -0.2) is 11.0 Å². The maximum atomic E-state index is 12.4. The van der Waals surface area contributed by atoms with Gasteiger partial charge in [0.05, 0.1) is 12.0 Å². The molecule has 0 aliphatic rings. The van der Waals surface area contributed by atoms with Crippen LogP contribution in [0.5, 0.6) is 5.75 Å². The van der Waals surface area contributed by atoms with E-state index in [0.29, 0.717) is 11.3 Å². The molecule has 0 unspecified atom stereocenters. The lowest BCUT2D eigenvalue weighted by molar-refractivity contribution is -0.137. The zero-order valence-electron chi connectivity index (χ0n) is 10.8. The van der Waals surface area contributed by atoms with Gasteiger partial charge in [-0.05, 0) is 29.8 Å². The number of halogens is 3. The quantitative estimate of drug-likeness (QED) is 0.909. The Morgan fingerprint density at radius 3 is 2.33 bits per heavy atom. The third kappa shape index (κ3) is 4.24. The molecule has 0 atom stereocenters. The van der Waals surface area contributed by atoms with Crippen molar-refractivity contribution in [2.24, 2.45) is 0 Å². The highest BCUT2D eigenvalue weighted by Gasteiger charge is 2.29. The topological polar surface area (TPSA) is 49.3 Å². The van der Waals surface area contributed by atoms with E-state index >= 15 is 0 Å². The van der Waals surface area contributed by atoms with Crippen LogP contribution in [0.3, 0.4) is 0 Å². The van der Waals surface area contributed by atoms with Crippen molar-refractivity contribution in [2.75, 3.05) is 5.32 Å². The van der Waals surface area contributed by atoms with E-state index < -0.39 is 11.7 Å². The van der Waals surface area contributed by atoms with Gasteiger partial charge in [0.15, 0.2) is 0 Å². The summed E-state index contributed by atoms with van der Waals surface area (Å²) in [6, 6.07) is 10.4. The van der Waals surface area contributed by atoms with Gasteiger partial charge in [0, 0.05) is 11.8 Å². The summed E-state index contributed by atoms with van der Waals surface area (Å²) in [6.45, 7) is 0. The molecule has 0 bridgehead atoms. The van der Waals surface area contributed by atoms with Gasteiger partial charge in [0.25, 0.3) is 0 Å². The Kier molecular flexibility index (Phi) is 4.16. The number of hydrogen-bond acceptors (Lipinski definition) is 2. The molecular formula is C15H12F3NO2. The Morgan fingerprint density at radius 2 is 1.76 bits per heavy atom. The molecule has 2 rings (SSSR count). The number of aromatic hydroxyl groups is 1. The number of carbonyl (C=O) groups excluding carboxylic acids is 1. The number of amides is 1. The predicted octanol–water partition coefficient (Wildman–Crippen LogP) is 3.59. The van der Waals surface area contributed by atoms with Gasteiger partial charge < -0.3 is 10.4 Å². The van der Waals surface area contributed by atoms with E-state index in [2.05, 4.69) is 5.32 Å². The zero-order chi connectivity index (χ0) is 15.5. The first-order valence-electron chi connectivity index (χ1n) is 6.09. The fourth-order valence-electron chi connectivity index (χ4n) is 1.79.